The van der Waals surface area contributed by atoms with Crippen LogP contribution in [0.5, 0.6) is 0 Å². The Morgan fingerprint density at radius 1 is 1.00 bits per heavy atom. The van der Waals surface area contributed by atoms with Gasteiger partial charge in [0.15, 0.2) is 6.10 Å². The van der Waals surface area contributed by atoms with E-state index in [-0.39, 0.29) is 18.1 Å². The fraction of sp³-hybridized carbons (Fsp3) is 0.300. The van der Waals surface area contributed by atoms with E-state index in [1.54, 1.807) is 7.11 Å². The highest BCUT2D eigenvalue weighted by molar-refractivity contribution is 5.24. The van der Waals surface area contributed by atoms with Gasteiger partial charge in [0.05, 0.1) is 12.0 Å². The van der Waals surface area contributed by atoms with Crippen LogP contribution in [0.25, 0.3) is 0 Å². The molecule has 25 heavy (non-hydrogen) atoms. The molecule has 1 aromatic heterocycles. The number of methoxy groups -OCH3 is 1. The lowest BCUT2D eigenvalue weighted by Gasteiger charge is -2.16. The fourth-order valence-corrected chi connectivity index (χ4v) is 3.32. The number of rotatable bonds is 5. The largest absolute Gasteiger partial charge is 0.422 e. The zero-order chi connectivity index (χ0) is 17.1. The normalized spacial score (nSPS) is 21.3. The standard InChI is InChI=1S/C20H20N2O3/c1-23-18(15-10-6-3-7-11-15)20-22-21-19(25-20)16-12-13-24-17(16)14-8-4-2-5-9-14/h2-11,16-18H,12-13H2,1H3/t16-,17+,18-/m0/s1. The molecule has 0 bridgehead atoms. The van der Waals surface area contributed by atoms with Crippen molar-refractivity contribution in [1.82, 2.24) is 10.2 Å². The molecule has 3 atom stereocenters. The molecule has 2 aromatic carbocycles. The summed E-state index contributed by atoms with van der Waals surface area (Å²) in [5, 5.41) is 8.53. The van der Waals surface area contributed by atoms with Gasteiger partial charge in [0.1, 0.15) is 0 Å². The third-order valence-electron chi connectivity index (χ3n) is 4.56. The van der Waals surface area contributed by atoms with E-state index in [1.165, 1.54) is 0 Å². The van der Waals surface area contributed by atoms with Crippen LogP contribution in [0.1, 0.15) is 47.5 Å². The van der Waals surface area contributed by atoms with Crippen molar-refractivity contribution in [1.29, 1.82) is 0 Å². The topological polar surface area (TPSA) is 57.4 Å². The van der Waals surface area contributed by atoms with E-state index in [9.17, 15) is 0 Å². The van der Waals surface area contributed by atoms with E-state index in [1.807, 2.05) is 48.5 Å². The first-order valence-electron chi connectivity index (χ1n) is 8.44. The van der Waals surface area contributed by atoms with Gasteiger partial charge in [-0.25, -0.2) is 0 Å². The summed E-state index contributed by atoms with van der Waals surface area (Å²) in [6.07, 6.45) is 0.455. The maximum absolute atomic E-state index is 6.00. The van der Waals surface area contributed by atoms with Crippen LogP contribution in [-0.4, -0.2) is 23.9 Å². The molecule has 5 heteroatoms. The summed E-state index contributed by atoms with van der Waals surface area (Å²) in [5.74, 6) is 1.15. The Labute approximate surface area is 146 Å². The van der Waals surface area contributed by atoms with Gasteiger partial charge in [-0.2, -0.15) is 0 Å². The molecule has 1 aliphatic heterocycles. The van der Waals surface area contributed by atoms with Crippen molar-refractivity contribution in [2.45, 2.75) is 24.5 Å². The molecule has 1 saturated heterocycles. The first-order chi connectivity index (χ1) is 12.4. The highest BCUT2D eigenvalue weighted by atomic mass is 16.5. The Kier molecular flexibility index (Phi) is 4.59. The average Bonchev–Trinajstić information content (AvgIpc) is 3.33. The molecule has 2 heterocycles. The summed E-state index contributed by atoms with van der Waals surface area (Å²) in [6, 6.07) is 20.1. The molecule has 0 spiro atoms. The average molecular weight is 336 g/mol. The lowest BCUT2D eigenvalue weighted by molar-refractivity contribution is 0.0944. The van der Waals surface area contributed by atoms with Gasteiger partial charge in [-0.05, 0) is 17.5 Å². The molecule has 1 fully saturated rings. The second-order valence-electron chi connectivity index (χ2n) is 6.10. The SMILES string of the molecule is CO[C@@H](c1ccccc1)c1nnc([C@H]2CCO[C@@H]2c2ccccc2)o1. The van der Waals surface area contributed by atoms with Crippen LogP contribution < -0.4 is 0 Å². The zero-order valence-electron chi connectivity index (χ0n) is 14.0. The Morgan fingerprint density at radius 3 is 2.44 bits per heavy atom. The molecule has 128 valence electrons. The van der Waals surface area contributed by atoms with Crippen molar-refractivity contribution in [2.75, 3.05) is 13.7 Å². The van der Waals surface area contributed by atoms with Crippen molar-refractivity contribution in [2.24, 2.45) is 0 Å². The zero-order valence-corrected chi connectivity index (χ0v) is 14.0. The number of hydrogen-bond acceptors (Lipinski definition) is 5. The van der Waals surface area contributed by atoms with E-state index in [2.05, 4.69) is 22.3 Å². The lowest BCUT2D eigenvalue weighted by atomic mass is 9.95. The quantitative estimate of drug-likeness (QED) is 0.703. The van der Waals surface area contributed by atoms with Gasteiger partial charge in [0, 0.05) is 13.7 Å². The monoisotopic (exact) mass is 336 g/mol. The molecule has 0 saturated carbocycles. The summed E-state index contributed by atoms with van der Waals surface area (Å²) in [4.78, 5) is 0. The van der Waals surface area contributed by atoms with Crippen LogP contribution in [0.15, 0.2) is 65.1 Å². The highest BCUT2D eigenvalue weighted by Gasteiger charge is 2.35. The van der Waals surface area contributed by atoms with E-state index >= 15 is 0 Å². The minimum atomic E-state index is -0.361. The predicted octanol–water partition coefficient (Wildman–Crippen LogP) is 4.05. The van der Waals surface area contributed by atoms with E-state index in [0.717, 1.165) is 17.5 Å². The van der Waals surface area contributed by atoms with Gasteiger partial charge in [0.2, 0.25) is 11.8 Å². The maximum atomic E-state index is 6.00. The van der Waals surface area contributed by atoms with E-state index in [4.69, 9.17) is 13.9 Å². The molecule has 4 rings (SSSR count). The second-order valence-corrected chi connectivity index (χ2v) is 6.10. The Balaban J connectivity index is 1.60. The number of hydrogen-bond donors (Lipinski definition) is 0. The first-order valence-corrected chi connectivity index (χ1v) is 8.44. The molecule has 0 aliphatic carbocycles. The predicted molar refractivity (Wildman–Crippen MR) is 92.1 cm³/mol. The molecular weight excluding hydrogens is 316 g/mol. The van der Waals surface area contributed by atoms with Gasteiger partial charge in [-0.3, -0.25) is 0 Å². The van der Waals surface area contributed by atoms with Gasteiger partial charge in [-0.1, -0.05) is 60.7 Å². The van der Waals surface area contributed by atoms with Crippen molar-refractivity contribution in [3.63, 3.8) is 0 Å². The van der Waals surface area contributed by atoms with Gasteiger partial charge in [0.25, 0.3) is 0 Å². The van der Waals surface area contributed by atoms with Crippen molar-refractivity contribution in [3.8, 4) is 0 Å². The number of aromatic nitrogens is 2. The summed E-state index contributed by atoms with van der Waals surface area (Å²) >= 11 is 0. The summed E-state index contributed by atoms with van der Waals surface area (Å²) < 4.78 is 17.5. The van der Waals surface area contributed by atoms with Crippen LogP contribution >= 0.6 is 0 Å². The Hall–Kier alpha value is -2.50. The molecular formula is C20H20N2O3. The Bertz CT molecular complexity index is 804. The van der Waals surface area contributed by atoms with Gasteiger partial charge >= 0.3 is 0 Å². The molecule has 0 amide bonds. The number of nitrogens with zero attached hydrogens (tertiary/aromatic N) is 2. The smallest absolute Gasteiger partial charge is 0.249 e. The number of ether oxygens (including phenoxy) is 2. The second kappa shape index (κ2) is 7.17. The molecule has 0 unspecified atom stereocenters. The van der Waals surface area contributed by atoms with Crippen molar-refractivity contribution in [3.05, 3.63) is 83.6 Å². The maximum Gasteiger partial charge on any atom is 0.249 e. The Morgan fingerprint density at radius 2 is 1.72 bits per heavy atom. The van der Waals surface area contributed by atoms with Crippen LogP contribution in [0.3, 0.4) is 0 Å². The van der Waals surface area contributed by atoms with Crippen LogP contribution in [0.4, 0.5) is 0 Å². The minimum absolute atomic E-state index is 0.0489. The van der Waals surface area contributed by atoms with Crippen LogP contribution in [-0.2, 0) is 9.47 Å². The summed E-state index contributed by atoms with van der Waals surface area (Å²) in [5.41, 5.74) is 2.12. The fourth-order valence-electron chi connectivity index (χ4n) is 3.32. The van der Waals surface area contributed by atoms with Crippen LogP contribution in [0.2, 0.25) is 0 Å². The minimum Gasteiger partial charge on any atom is -0.422 e. The third-order valence-corrected chi connectivity index (χ3v) is 4.56. The molecule has 0 radical (unpaired) electrons. The molecule has 5 nitrogen and oxygen atoms in total. The summed E-state index contributed by atoms with van der Waals surface area (Å²) in [7, 11) is 1.65. The molecule has 1 aliphatic rings. The van der Waals surface area contributed by atoms with Crippen LogP contribution in [0, 0.1) is 0 Å². The van der Waals surface area contributed by atoms with Crippen molar-refractivity contribution >= 4 is 0 Å². The molecule has 0 N–H and O–H groups in total. The first kappa shape index (κ1) is 16.0. The van der Waals surface area contributed by atoms with Crippen molar-refractivity contribution < 1.29 is 13.9 Å². The molecule has 3 aromatic rings. The lowest BCUT2D eigenvalue weighted by Crippen LogP contribution is -2.06. The van der Waals surface area contributed by atoms with E-state index in [0.29, 0.717) is 18.4 Å². The third kappa shape index (κ3) is 3.21. The number of benzene rings is 2. The van der Waals surface area contributed by atoms with Gasteiger partial charge < -0.3 is 13.9 Å². The van der Waals surface area contributed by atoms with Gasteiger partial charge in [-0.15, -0.1) is 10.2 Å². The summed E-state index contributed by atoms with van der Waals surface area (Å²) in [6.45, 7) is 0.689. The highest BCUT2D eigenvalue weighted by Crippen LogP contribution is 2.41. The van der Waals surface area contributed by atoms with E-state index < -0.39 is 0 Å².